The van der Waals surface area contributed by atoms with Crippen molar-refractivity contribution in [2.75, 3.05) is 0 Å². The van der Waals surface area contributed by atoms with Crippen LogP contribution in [0.2, 0.25) is 0 Å². The normalized spacial score (nSPS) is 9.89. The summed E-state index contributed by atoms with van der Waals surface area (Å²) in [6, 6.07) is 13.1. The van der Waals surface area contributed by atoms with Crippen molar-refractivity contribution in [3.05, 3.63) is 53.6 Å². The Morgan fingerprint density at radius 3 is 2.58 bits per heavy atom. The maximum atomic E-state index is 12.1. The molecule has 4 nitrogen and oxygen atoms in total. The number of hydrogen-bond donors (Lipinski definition) is 0. The second kappa shape index (κ2) is 5.85. The first kappa shape index (κ1) is 12.9. The van der Waals surface area contributed by atoms with Crippen LogP contribution in [0.5, 0.6) is 0 Å². The highest BCUT2D eigenvalue weighted by Gasteiger charge is 2.12. The Bertz CT molecular complexity index is 680. The second-order valence-corrected chi connectivity index (χ2v) is 4.16. The number of benzene rings is 2. The lowest BCUT2D eigenvalue weighted by Gasteiger charge is -2.04. The maximum Gasteiger partial charge on any atom is 0.323 e. The van der Waals surface area contributed by atoms with Gasteiger partial charge in [0.25, 0.3) is 0 Å². The molecular formula is C15H12N2O2. The lowest BCUT2D eigenvalue weighted by atomic mass is 9.98. The number of carbonyl (C=O) groups excluding carboxylic acids is 2. The molecule has 2 rings (SSSR count). The number of carbonyl (C=O) groups is 2. The second-order valence-electron chi connectivity index (χ2n) is 4.16. The standard InChI is InChI=1S/C15H12N2O2/c16-17-10-12(18)8-9-15(19)14-7-3-5-11-4-1-2-6-13(11)14/h1-7,10H,8-9H2. The van der Waals surface area contributed by atoms with E-state index in [1.165, 1.54) is 0 Å². The molecule has 2 aromatic carbocycles. The van der Waals surface area contributed by atoms with E-state index in [0.29, 0.717) is 5.56 Å². The Morgan fingerprint density at radius 1 is 1.05 bits per heavy atom. The average molecular weight is 252 g/mol. The molecule has 0 bridgehead atoms. The van der Waals surface area contributed by atoms with Gasteiger partial charge in [-0.25, -0.2) is 0 Å². The molecule has 2 aromatic rings. The highest BCUT2D eigenvalue weighted by atomic mass is 16.1. The number of rotatable bonds is 5. The summed E-state index contributed by atoms with van der Waals surface area (Å²) in [6.07, 6.45) is 0.974. The van der Waals surface area contributed by atoms with Crippen molar-refractivity contribution in [1.29, 1.82) is 0 Å². The van der Waals surface area contributed by atoms with Crippen LogP contribution in [0.4, 0.5) is 0 Å². The fraction of sp³-hybridized carbons (Fsp3) is 0.133. The zero-order valence-electron chi connectivity index (χ0n) is 10.2. The molecule has 0 N–H and O–H groups in total. The van der Waals surface area contributed by atoms with Crippen LogP contribution in [-0.2, 0) is 4.79 Å². The van der Waals surface area contributed by atoms with Crippen LogP contribution < -0.4 is 0 Å². The maximum absolute atomic E-state index is 12.1. The minimum Gasteiger partial charge on any atom is -0.361 e. The highest BCUT2D eigenvalue weighted by Crippen LogP contribution is 2.20. The average Bonchev–Trinajstić information content (AvgIpc) is 2.44. The topological polar surface area (TPSA) is 70.5 Å². The summed E-state index contributed by atoms with van der Waals surface area (Å²) in [6.45, 7) is 0. The molecule has 0 aliphatic heterocycles. The fourth-order valence-electron chi connectivity index (χ4n) is 1.97. The van der Waals surface area contributed by atoms with Gasteiger partial charge in [0.15, 0.2) is 5.78 Å². The smallest absolute Gasteiger partial charge is 0.323 e. The van der Waals surface area contributed by atoms with E-state index in [1.807, 2.05) is 36.4 Å². The number of hydrogen-bond acceptors (Lipinski definition) is 2. The Labute approximate surface area is 110 Å². The third kappa shape index (κ3) is 3.00. The molecule has 0 heterocycles. The van der Waals surface area contributed by atoms with Gasteiger partial charge in [0.1, 0.15) is 0 Å². The van der Waals surface area contributed by atoms with E-state index in [0.717, 1.165) is 17.0 Å². The Morgan fingerprint density at radius 2 is 1.79 bits per heavy atom. The van der Waals surface area contributed by atoms with Crippen molar-refractivity contribution >= 4 is 28.6 Å². The SMILES string of the molecule is [N-]=[N+]=CC(=O)CCC(=O)c1cccc2ccccc12. The number of nitrogens with zero attached hydrogens (tertiary/aromatic N) is 2. The summed E-state index contributed by atoms with van der Waals surface area (Å²) in [5.41, 5.74) is 8.84. The van der Waals surface area contributed by atoms with E-state index in [9.17, 15) is 9.59 Å². The van der Waals surface area contributed by atoms with Gasteiger partial charge in [-0.2, -0.15) is 4.79 Å². The number of ketones is 2. The van der Waals surface area contributed by atoms with E-state index in [4.69, 9.17) is 5.53 Å². The molecule has 0 saturated heterocycles. The molecule has 0 spiro atoms. The van der Waals surface area contributed by atoms with Gasteiger partial charge in [-0.3, -0.25) is 9.59 Å². The molecule has 0 unspecified atom stereocenters. The first-order chi connectivity index (χ1) is 9.22. The molecule has 0 fully saturated rings. The van der Waals surface area contributed by atoms with Gasteiger partial charge in [-0.1, -0.05) is 42.5 Å². The lowest BCUT2D eigenvalue weighted by molar-refractivity contribution is -0.116. The van der Waals surface area contributed by atoms with Crippen LogP contribution in [0.1, 0.15) is 23.2 Å². The monoisotopic (exact) mass is 252 g/mol. The minimum atomic E-state index is -0.365. The zero-order valence-corrected chi connectivity index (χ0v) is 10.2. The predicted octanol–water partition coefficient (Wildman–Crippen LogP) is 2.67. The number of Topliss-reactive ketones (excluding diaryl/α,β-unsaturated/α-hetero) is 2. The van der Waals surface area contributed by atoms with Crippen LogP contribution in [0, 0.1) is 0 Å². The van der Waals surface area contributed by atoms with E-state index >= 15 is 0 Å². The van der Waals surface area contributed by atoms with E-state index in [2.05, 4.69) is 4.79 Å². The summed E-state index contributed by atoms with van der Waals surface area (Å²) < 4.78 is 0. The van der Waals surface area contributed by atoms with Crippen molar-refractivity contribution in [3.8, 4) is 0 Å². The summed E-state index contributed by atoms with van der Waals surface area (Å²) in [5.74, 6) is -0.451. The molecule has 0 amide bonds. The van der Waals surface area contributed by atoms with E-state index in [1.54, 1.807) is 6.07 Å². The van der Waals surface area contributed by atoms with Crippen LogP contribution in [-0.4, -0.2) is 22.6 Å². The van der Waals surface area contributed by atoms with Gasteiger partial charge in [0.05, 0.1) is 0 Å². The fourth-order valence-corrected chi connectivity index (χ4v) is 1.97. The van der Waals surface area contributed by atoms with E-state index < -0.39 is 0 Å². The molecule has 4 heteroatoms. The first-order valence-corrected chi connectivity index (χ1v) is 5.93. The van der Waals surface area contributed by atoms with Crippen LogP contribution in [0.3, 0.4) is 0 Å². The van der Waals surface area contributed by atoms with Gasteiger partial charge < -0.3 is 5.53 Å². The molecule has 94 valence electrons. The molecule has 0 saturated carbocycles. The van der Waals surface area contributed by atoms with Crippen molar-refractivity contribution in [1.82, 2.24) is 0 Å². The quantitative estimate of drug-likeness (QED) is 0.355. The van der Waals surface area contributed by atoms with Crippen molar-refractivity contribution in [3.63, 3.8) is 0 Å². The molecule has 0 radical (unpaired) electrons. The molecule has 0 aliphatic carbocycles. The van der Waals surface area contributed by atoms with Crippen molar-refractivity contribution < 1.29 is 14.4 Å². The largest absolute Gasteiger partial charge is 0.361 e. The van der Waals surface area contributed by atoms with Gasteiger partial charge in [0, 0.05) is 18.4 Å². The third-order valence-electron chi connectivity index (χ3n) is 2.89. The van der Waals surface area contributed by atoms with Gasteiger partial charge in [0.2, 0.25) is 5.78 Å². The minimum absolute atomic E-state index is 0.0477. The van der Waals surface area contributed by atoms with Crippen molar-refractivity contribution in [2.24, 2.45) is 0 Å². The lowest BCUT2D eigenvalue weighted by Crippen LogP contribution is -2.06. The molecule has 19 heavy (non-hydrogen) atoms. The summed E-state index contributed by atoms with van der Waals surface area (Å²) >= 11 is 0. The third-order valence-corrected chi connectivity index (χ3v) is 2.89. The summed E-state index contributed by atoms with van der Waals surface area (Å²) in [4.78, 5) is 25.9. The first-order valence-electron chi connectivity index (χ1n) is 5.93. The predicted molar refractivity (Wildman–Crippen MR) is 72.2 cm³/mol. The van der Waals surface area contributed by atoms with Crippen LogP contribution in [0.15, 0.2) is 42.5 Å². The highest BCUT2D eigenvalue weighted by molar-refractivity contribution is 6.26. The van der Waals surface area contributed by atoms with Gasteiger partial charge in [-0.15, -0.1) is 0 Å². The summed E-state index contributed by atoms with van der Waals surface area (Å²) in [7, 11) is 0. The van der Waals surface area contributed by atoms with E-state index in [-0.39, 0.29) is 24.4 Å². The van der Waals surface area contributed by atoms with Gasteiger partial charge in [-0.05, 0) is 10.8 Å². The Hall–Kier alpha value is -2.58. The molecule has 0 aliphatic rings. The zero-order chi connectivity index (χ0) is 13.7. The summed E-state index contributed by atoms with van der Waals surface area (Å²) in [5, 5.41) is 1.88. The Kier molecular flexibility index (Phi) is 3.96. The van der Waals surface area contributed by atoms with Crippen LogP contribution >= 0.6 is 0 Å². The Balaban J connectivity index is 2.22. The van der Waals surface area contributed by atoms with Gasteiger partial charge >= 0.3 is 6.21 Å². The molecular weight excluding hydrogens is 240 g/mol. The molecule has 0 atom stereocenters. The van der Waals surface area contributed by atoms with Crippen LogP contribution in [0.25, 0.3) is 16.3 Å². The molecule has 0 aromatic heterocycles. The van der Waals surface area contributed by atoms with Crippen molar-refractivity contribution in [2.45, 2.75) is 12.8 Å². The number of fused-ring (bicyclic) bond motifs is 1.